The van der Waals surface area contributed by atoms with Crippen molar-refractivity contribution in [1.29, 1.82) is 0 Å². The Labute approximate surface area is 116 Å². The molecule has 0 saturated heterocycles. The highest BCUT2D eigenvalue weighted by atomic mass is 31.2. The zero-order valence-electron chi connectivity index (χ0n) is 10.8. The molecular weight excluding hydrogens is 279 g/mol. The maximum absolute atomic E-state index is 11.5. The molecule has 0 fully saturated rings. The lowest BCUT2D eigenvalue weighted by Gasteiger charge is -2.19. The summed E-state index contributed by atoms with van der Waals surface area (Å²) in [6, 6.07) is 10.4. The van der Waals surface area contributed by atoms with Gasteiger partial charge in [0.15, 0.2) is 0 Å². The maximum Gasteiger partial charge on any atom is 0.356 e. The van der Waals surface area contributed by atoms with Gasteiger partial charge in [0, 0.05) is 11.5 Å². The molecule has 0 heterocycles. The average Bonchev–Trinajstić information content (AvgIpc) is 2.37. The van der Waals surface area contributed by atoms with E-state index in [4.69, 9.17) is 0 Å². The highest BCUT2D eigenvalue weighted by Crippen LogP contribution is 2.41. The second kappa shape index (κ2) is 5.29. The zero-order valence-corrected chi connectivity index (χ0v) is 11.7. The molecule has 0 aromatic heterocycles. The molecule has 1 unspecified atom stereocenters. The first-order chi connectivity index (χ1) is 9.30. The standard InChI is InChI=1S/C14H15O5P/c1-9(10-5-7-11(15)8-6-10)14-12(16)3-2-4-13(14)20(17,18)19/h2-9,15-16H,1H3,(H2,17,18,19). The molecule has 0 aliphatic heterocycles. The van der Waals surface area contributed by atoms with Gasteiger partial charge in [-0.3, -0.25) is 4.57 Å². The molecule has 0 amide bonds. The lowest BCUT2D eigenvalue weighted by Crippen LogP contribution is -2.14. The highest BCUT2D eigenvalue weighted by molar-refractivity contribution is 7.60. The smallest absolute Gasteiger partial charge is 0.356 e. The van der Waals surface area contributed by atoms with Crippen LogP contribution in [0.1, 0.15) is 24.0 Å². The van der Waals surface area contributed by atoms with E-state index in [0.717, 1.165) is 5.56 Å². The predicted molar refractivity (Wildman–Crippen MR) is 75.4 cm³/mol. The normalized spacial score (nSPS) is 13.2. The molecule has 4 N–H and O–H groups in total. The molecule has 2 rings (SSSR count). The van der Waals surface area contributed by atoms with Gasteiger partial charge in [-0.1, -0.05) is 25.1 Å². The van der Waals surface area contributed by atoms with Gasteiger partial charge in [0.1, 0.15) is 11.5 Å². The molecule has 0 aliphatic rings. The highest BCUT2D eigenvalue weighted by Gasteiger charge is 2.27. The van der Waals surface area contributed by atoms with Crippen molar-refractivity contribution in [3.63, 3.8) is 0 Å². The number of hydrogen-bond acceptors (Lipinski definition) is 3. The molecule has 2 aromatic carbocycles. The molecule has 0 radical (unpaired) electrons. The monoisotopic (exact) mass is 294 g/mol. The summed E-state index contributed by atoms with van der Waals surface area (Å²) < 4.78 is 11.5. The fourth-order valence-corrected chi connectivity index (χ4v) is 3.07. The summed E-state index contributed by atoms with van der Waals surface area (Å²) in [5, 5.41) is 19.0. The van der Waals surface area contributed by atoms with Crippen LogP contribution in [0.25, 0.3) is 0 Å². The zero-order chi connectivity index (χ0) is 14.9. The van der Waals surface area contributed by atoms with E-state index in [2.05, 4.69) is 0 Å². The number of hydrogen-bond donors (Lipinski definition) is 4. The van der Waals surface area contributed by atoms with Crippen LogP contribution in [0.4, 0.5) is 0 Å². The van der Waals surface area contributed by atoms with Crippen LogP contribution in [0, 0.1) is 0 Å². The molecule has 0 aliphatic carbocycles. The minimum Gasteiger partial charge on any atom is -0.508 e. The Bertz CT molecular complexity index is 660. The summed E-state index contributed by atoms with van der Waals surface area (Å²) in [6.45, 7) is 1.74. The van der Waals surface area contributed by atoms with E-state index >= 15 is 0 Å². The average molecular weight is 294 g/mol. The Morgan fingerprint density at radius 1 is 1.00 bits per heavy atom. The van der Waals surface area contributed by atoms with E-state index in [1.807, 2.05) is 0 Å². The van der Waals surface area contributed by atoms with Crippen molar-refractivity contribution in [2.45, 2.75) is 12.8 Å². The van der Waals surface area contributed by atoms with E-state index in [-0.39, 0.29) is 22.4 Å². The second-order valence-electron chi connectivity index (χ2n) is 4.57. The lowest BCUT2D eigenvalue weighted by atomic mass is 9.92. The van der Waals surface area contributed by atoms with Crippen LogP contribution >= 0.6 is 7.60 Å². The van der Waals surface area contributed by atoms with Crippen LogP contribution in [0.2, 0.25) is 0 Å². The van der Waals surface area contributed by atoms with Crippen molar-refractivity contribution in [3.8, 4) is 11.5 Å². The third-order valence-corrected chi connectivity index (χ3v) is 4.22. The summed E-state index contributed by atoms with van der Waals surface area (Å²) in [4.78, 5) is 18.8. The van der Waals surface area contributed by atoms with E-state index in [9.17, 15) is 24.6 Å². The number of benzene rings is 2. The van der Waals surface area contributed by atoms with E-state index in [0.29, 0.717) is 0 Å². The van der Waals surface area contributed by atoms with Crippen LogP contribution in [0.3, 0.4) is 0 Å². The van der Waals surface area contributed by atoms with Gasteiger partial charge in [-0.05, 0) is 29.8 Å². The largest absolute Gasteiger partial charge is 0.508 e. The minimum atomic E-state index is -4.48. The number of phenols is 2. The third kappa shape index (κ3) is 2.85. The molecule has 106 valence electrons. The molecule has 0 spiro atoms. The van der Waals surface area contributed by atoms with Crippen LogP contribution < -0.4 is 5.30 Å². The van der Waals surface area contributed by atoms with Crippen LogP contribution in [-0.2, 0) is 4.57 Å². The fourth-order valence-electron chi connectivity index (χ4n) is 2.17. The fraction of sp³-hybridized carbons (Fsp3) is 0.143. The summed E-state index contributed by atoms with van der Waals surface area (Å²) in [7, 11) is -4.48. The Morgan fingerprint density at radius 3 is 2.15 bits per heavy atom. The van der Waals surface area contributed by atoms with Gasteiger partial charge in [-0.15, -0.1) is 0 Å². The molecule has 5 nitrogen and oxygen atoms in total. The number of phenolic OH excluding ortho intramolecular Hbond substituents is 2. The Hall–Kier alpha value is -1.81. The quantitative estimate of drug-likeness (QED) is 0.649. The van der Waals surface area contributed by atoms with Gasteiger partial charge in [-0.25, -0.2) is 0 Å². The summed E-state index contributed by atoms with van der Waals surface area (Å²) in [5.74, 6) is -0.473. The van der Waals surface area contributed by atoms with Gasteiger partial charge in [-0.2, -0.15) is 0 Å². The van der Waals surface area contributed by atoms with Crippen molar-refractivity contribution in [1.82, 2.24) is 0 Å². The molecule has 1 atom stereocenters. The van der Waals surface area contributed by atoms with Gasteiger partial charge < -0.3 is 20.0 Å². The Morgan fingerprint density at radius 2 is 1.60 bits per heavy atom. The Balaban J connectivity index is 2.57. The maximum atomic E-state index is 11.5. The van der Waals surface area contributed by atoms with Gasteiger partial charge >= 0.3 is 7.60 Å². The van der Waals surface area contributed by atoms with Crippen molar-refractivity contribution >= 4 is 12.9 Å². The van der Waals surface area contributed by atoms with Gasteiger partial charge in [0.25, 0.3) is 0 Å². The van der Waals surface area contributed by atoms with Crippen molar-refractivity contribution in [2.75, 3.05) is 0 Å². The summed E-state index contributed by atoms with van der Waals surface area (Å²) in [5.41, 5.74) is 0.936. The van der Waals surface area contributed by atoms with Gasteiger partial charge in [0.05, 0.1) is 5.30 Å². The second-order valence-corrected chi connectivity index (χ2v) is 6.14. The van der Waals surface area contributed by atoms with E-state index in [1.54, 1.807) is 19.1 Å². The first-order valence-corrected chi connectivity index (χ1v) is 7.59. The Kier molecular flexibility index (Phi) is 3.86. The minimum absolute atomic E-state index is 0.105. The molecule has 0 saturated carbocycles. The third-order valence-electron chi connectivity index (χ3n) is 3.20. The predicted octanol–water partition coefficient (Wildman–Crippen LogP) is 2.05. The van der Waals surface area contributed by atoms with Crippen LogP contribution in [0.15, 0.2) is 42.5 Å². The topological polar surface area (TPSA) is 98.0 Å². The SMILES string of the molecule is CC(c1ccc(O)cc1)c1c(O)cccc1P(=O)(O)O. The van der Waals surface area contributed by atoms with Gasteiger partial charge in [0.2, 0.25) is 0 Å². The van der Waals surface area contributed by atoms with Crippen molar-refractivity contribution < 1.29 is 24.6 Å². The lowest BCUT2D eigenvalue weighted by molar-refractivity contribution is 0.386. The molecule has 0 bridgehead atoms. The molecule has 20 heavy (non-hydrogen) atoms. The van der Waals surface area contributed by atoms with Crippen molar-refractivity contribution in [2.24, 2.45) is 0 Å². The summed E-state index contributed by atoms with van der Waals surface area (Å²) >= 11 is 0. The number of aromatic hydroxyl groups is 2. The first kappa shape index (κ1) is 14.6. The number of rotatable bonds is 3. The molecule has 2 aromatic rings. The summed E-state index contributed by atoms with van der Waals surface area (Å²) in [6.07, 6.45) is 0. The molecule has 6 heteroatoms. The first-order valence-electron chi connectivity index (χ1n) is 5.97. The van der Waals surface area contributed by atoms with Crippen LogP contribution in [-0.4, -0.2) is 20.0 Å². The molecular formula is C14H15O5P. The van der Waals surface area contributed by atoms with E-state index < -0.39 is 13.5 Å². The van der Waals surface area contributed by atoms with Crippen LogP contribution in [0.5, 0.6) is 11.5 Å². The van der Waals surface area contributed by atoms with E-state index in [1.165, 1.54) is 30.3 Å². The van der Waals surface area contributed by atoms with Crippen molar-refractivity contribution in [3.05, 3.63) is 53.6 Å².